The summed E-state index contributed by atoms with van der Waals surface area (Å²) in [4.78, 5) is 10.6. The largest absolute Gasteiger partial charge is 0.479 e. The molecule has 0 bridgehead atoms. The van der Waals surface area contributed by atoms with Gasteiger partial charge in [-0.2, -0.15) is 0 Å². The van der Waals surface area contributed by atoms with Crippen molar-refractivity contribution >= 4 is 5.97 Å². The molecule has 0 saturated carbocycles. The van der Waals surface area contributed by atoms with Crippen LogP contribution in [0, 0.1) is 0 Å². The van der Waals surface area contributed by atoms with Gasteiger partial charge >= 0.3 is 5.97 Å². The fourth-order valence-electron chi connectivity index (χ4n) is 1.35. The molecule has 15 heavy (non-hydrogen) atoms. The molecule has 0 amide bonds. The van der Waals surface area contributed by atoms with Gasteiger partial charge in [-0.25, -0.2) is 4.79 Å². The van der Waals surface area contributed by atoms with Gasteiger partial charge in [-0.05, 0) is 6.92 Å². The maximum atomic E-state index is 10.6. The predicted octanol–water partition coefficient (Wildman–Crippen LogP) is -2.08. The van der Waals surface area contributed by atoms with Crippen molar-refractivity contribution in [2.24, 2.45) is 0 Å². The summed E-state index contributed by atoms with van der Waals surface area (Å²) in [6, 6.07) is 0. The Morgan fingerprint density at radius 1 is 1.27 bits per heavy atom. The van der Waals surface area contributed by atoms with Gasteiger partial charge < -0.3 is 29.9 Å². The third kappa shape index (κ3) is 2.44. The molecular formula is C8H14O7. The lowest BCUT2D eigenvalue weighted by molar-refractivity contribution is -0.292. The van der Waals surface area contributed by atoms with Gasteiger partial charge in [0.05, 0.1) is 0 Å². The van der Waals surface area contributed by atoms with E-state index in [1.165, 1.54) is 0 Å². The van der Waals surface area contributed by atoms with E-state index >= 15 is 0 Å². The number of carboxylic acids is 1. The fraction of sp³-hybridized carbons (Fsp3) is 0.875. The summed E-state index contributed by atoms with van der Waals surface area (Å²) < 4.78 is 9.69. The molecule has 0 aromatic rings. The van der Waals surface area contributed by atoms with Crippen molar-refractivity contribution < 1.29 is 34.7 Å². The SMILES string of the molecule is CCO[C@@H]1OC(C(=O)O)[C@@H](O)[C@H](O)[C@H]1O. The molecular weight excluding hydrogens is 208 g/mol. The van der Waals surface area contributed by atoms with E-state index in [9.17, 15) is 20.1 Å². The van der Waals surface area contributed by atoms with Gasteiger partial charge in [0.2, 0.25) is 0 Å². The first-order valence-electron chi connectivity index (χ1n) is 4.53. The van der Waals surface area contributed by atoms with Crippen LogP contribution >= 0.6 is 0 Å². The molecule has 0 spiro atoms. The van der Waals surface area contributed by atoms with Gasteiger partial charge in [-0.15, -0.1) is 0 Å². The van der Waals surface area contributed by atoms with Crippen molar-refractivity contribution in [2.45, 2.75) is 37.6 Å². The molecule has 88 valence electrons. The van der Waals surface area contributed by atoms with Gasteiger partial charge in [-0.3, -0.25) is 0 Å². The molecule has 0 aromatic carbocycles. The Balaban J connectivity index is 2.75. The third-order valence-corrected chi connectivity index (χ3v) is 2.14. The first-order valence-corrected chi connectivity index (χ1v) is 4.53. The number of hydrogen-bond donors (Lipinski definition) is 4. The summed E-state index contributed by atoms with van der Waals surface area (Å²) in [5.74, 6) is -1.42. The van der Waals surface area contributed by atoms with E-state index in [0.717, 1.165) is 0 Å². The van der Waals surface area contributed by atoms with Crippen LogP contribution in [0.3, 0.4) is 0 Å². The average molecular weight is 222 g/mol. The van der Waals surface area contributed by atoms with Crippen LogP contribution in [-0.2, 0) is 14.3 Å². The maximum absolute atomic E-state index is 10.6. The van der Waals surface area contributed by atoms with Crippen LogP contribution in [0.2, 0.25) is 0 Å². The maximum Gasteiger partial charge on any atom is 0.335 e. The highest BCUT2D eigenvalue weighted by atomic mass is 16.7. The summed E-state index contributed by atoms with van der Waals surface area (Å²) in [5, 5.41) is 36.7. The summed E-state index contributed by atoms with van der Waals surface area (Å²) in [7, 11) is 0. The number of hydrogen-bond acceptors (Lipinski definition) is 6. The molecule has 0 aliphatic carbocycles. The van der Waals surface area contributed by atoms with Crippen LogP contribution < -0.4 is 0 Å². The van der Waals surface area contributed by atoms with E-state index in [2.05, 4.69) is 0 Å². The normalized spacial score (nSPS) is 41.5. The van der Waals surface area contributed by atoms with Crippen LogP contribution in [0.5, 0.6) is 0 Å². The zero-order valence-corrected chi connectivity index (χ0v) is 8.11. The van der Waals surface area contributed by atoms with Crippen molar-refractivity contribution in [1.29, 1.82) is 0 Å². The van der Waals surface area contributed by atoms with E-state index in [4.69, 9.17) is 14.6 Å². The Hall–Kier alpha value is -0.730. The molecule has 1 rings (SSSR count). The minimum absolute atomic E-state index is 0.191. The second-order valence-corrected chi connectivity index (χ2v) is 3.19. The van der Waals surface area contributed by atoms with Crippen LogP contribution in [-0.4, -0.2) is 63.7 Å². The second kappa shape index (κ2) is 4.86. The smallest absolute Gasteiger partial charge is 0.335 e. The average Bonchev–Trinajstić information content (AvgIpc) is 2.18. The Kier molecular flexibility index (Phi) is 4.00. The summed E-state index contributed by atoms with van der Waals surface area (Å²) in [6.45, 7) is 1.82. The molecule has 0 radical (unpaired) electrons. The number of aliphatic hydroxyl groups excluding tert-OH is 3. The Morgan fingerprint density at radius 3 is 2.33 bits per heavy atom. The van der Waals surface area contributed by atoms with Gasteiger partial charge in [0.15, 0.2) is 12.4 Å². The van der Waals surface area contributed by atoms with Crippen LogP contribution in [0.25, 0.3) is 0 Å². The van der Waals surface area contributed by atoms with Crippen LogP contribution in [0.4, 0.5) is 0 Å². The zero-order chi connectivity index (χ0) is 11.6. The number of carbonyl (C=O) groups is 1. The van der Waals surface area contributed by atoms with Gasteiger partial charge in [0.25, 0.3) is 0 Å². The van der Waals surface area contributed by atoms with Gasteiger partial charge in [-0.1, -0.05) is 0 Å². The molecule has 7 nitrogen and oxygen atoms in total. The number of rotatable bonds is 3. The molecule has 0 aromatic heterocycles. The highest BCUT2D eigenvalue weighted by Crippen LogP contribution is 2.22. The minimum atomic E-state index is -1.67. The molecule has 5 atom stereocenters. The van der Waals surface area contributed by atoms with E-state index in [-0.39, 0.29) is 6.61 Å². The van der Waals surface area contributed by atoms with Crippen molar-refractivity contribution in [2.75, 3.05) is 6.61 Å². The molecule has 7 heteroatoms. The lowest BCUT2D eigenvalue weighted by Gasteiger charge is -2.38. The number of carboxylic acid groups (broad SMARTS) is 1. The summed E-state index contributed by atoms with van der Waals surface area (Å²) in [6.07, 6.45) is -7.57. The summed E-state index contributed by atoms with van der Waals surface area (Å²) >= 11 is 0. The number of aliphatic carboxylic acids is 1. The standard InChI is InChI=1S/C8H14O7/c1-2-14-8-5(11)3(9)4(10)6(15-8)7(12)13/h3-6,8-11H,2H2,1H3,(H,12,13)/t3-,4-,5+,6?,8+/m0/s1. The molecule has 4 N–H and O–H groups in total. The lowest BCUT2D eigenvalue weighted by atomic mass is 9.99. The Morgan fingerprint density at radius 2 is 1.87 bits per heavy atom. The lowest BCUT2D eigenvalue weighted by Crippen LogP contribution is -2.60. The highest BCUT2D eigenvalue weighted by Gasteiger charge is 2.47. The topological polar surface area (TPSA) is 116 Å². The number of aliphatic hydroxyl groups is 3. The monoisotopic (exact) mass is 222 g/mol. The van der Waals surface area contributed by atoms with E-state index in [1.807, 2.05) is 0 Å². The van der Waals surface area contributed by atoms with Gasteiger partial charge in [0.1, 0.15) is 18.3 Å². The van der Waals surface area contributed by atoms with Crippen LogP contribution in [0.15, 0.2) is 0 Å². The highest BCUT2D eigenvalue weighted by molar-refractivity contribution is 5.73. The first-order chi connectivity index (χ1) is 6.99. The van der Waals surface area contributed by atoms with Crippen molar-refractivity contribution in [3.05, 3.63) is 0 Å². The predicted molar refractivity (Wildman–Crippen MR) is 45.9 cm³/mol. The summed E-state index contributed by atoms with van der Waals surface area (Å²) in [5.41, 5.74) is 0. The van der Waals surface area contributed by atoms with Gasteiger partial charge in [0, 0.05) is 6.61 Å². The second-order valence-electron chi connectivity index (χ2n) is 3.19. The molecule has 1 aliphatic heterocycles. The van der Waals surface area contributed by atoms with E-state index in [1.54, 1.807) is 6.92 Å². The van der Waals surface area contributed by atoms with E-state index < -0.39 is 36.7 Å². The third-order valence-electron chi connectivity index (χ3n) is 2.14. The molecule has 1 heterocycles. The molecule has 1 unspecified atom stereocenters. The van der Waals surface area contributed by atoms with Crippen molar-refractivity contribution in [3.8, 4) is 0 Å². The van der Waals surface area contributed by atoms with Crippen molar-refractivity contribution in [1.82, 2.24) is 0 Å². The van der Waals surface area contributed by atoms with E-state index in [0.29, 0.717) is 0 Å². The number of ether oxygens (including phenoxy) is 2. The molecule has 1 aliphatic rings. The zero-order valence-electron chi connectivity index (χ0n) is 8.11. The molecule has 1 fully saturated rings. The van der Waals surface area contributed by atoms with Crippen LogP contribution in [0.1, 0.15) is 6.92 Å². The molecule has 1 saturated heterocycles. The fourth-order valence-corrected chi connectivity index (χ4v) is 1.35. The Labute approximate surface area is 85.9 Å². The Bertz CT molecular complexity index is 231. The quantitative estimate of drug-likeness (QED) is 0.432. The first kappa shape index (κ1) is 12.3. The minimum Gasteiger partial charge on any atom is -0.479 e. The van der Waals surface area contributed by atoms with Crippen molar-refractivity contribution in [3.63, 3.8) is 0 Å².